The van der Waals surface area contributed by atoms with Gasteiger partial charge in [0.15, 0.2) is 0 Å². The number of amides is 1. The number of rotatable bonds is 0. The fourth-order valence-corrected chi connectivity index (χ4v) is 2.07. The molecule has 0 aromatic rings. The number of hydrogen-bond acceptors (Lipinski definition) is 3. The molecule has 2 fully saturated rings. The fourth-order valence-electron chi connectivity index (χ4n) is 2.07. The molecular weight excluding hydrogens is 168 g/mol. The molecule has 1 atom stereocenters. The molecule has 13 heavy (non-hydrogen) atoms. The first-order chi connectivity index (χ1) is 6.22. The van der Waals surface area contributed by atoms with Gasteiger partial charge in [-0.05, 0) is 19.8 Å². The maximum absolute atomic E-state index is 11.2. The normalized spacial score (nSPS) is 33.0. The topological polar surface area (TPSA) is 50.4 Å². The molecule has 2 N–H and O–H groups in total. The Labute approximate surface area is 78.0 Å². The Balaban J connectivity index is 2.02. The third-order valence-electron chi connectivity index (χ3n) is 2.97. The van der Waals surface area contributed by atoms with E-state index < -0.39 is 0 Å². The summed E-state index contributed by atoms with van der Waals surface area (Å²) in [7, 11) is 0. The zero-order chi connectivity index (χ0) is 9.31. The van der Waals surface area contributed by atoms with Crippen LogP contribution in [0.15, 0.2) is 0 Å². The van der Waals surface area contributed by atoms with Gasteiger partial charge in [0.05, 0.1) is 6.04 Å². The second-order valence-corrected chi connectivity index (χ2v) is 3.98. The van der Waals surface area contributed by atoms with Crippen LogP contribution in [0.2, 0.25) is 0 Å². The lowest BCUT2D eigenvalue weighted by atomic mass is 9.87. The van der Waals surface area contributed by atoms with Crippen LogP contribution in [0.5, 0.6) is 0 Å². The molecule has 0 bridgehead atoms. The number of carbonyl (C=O) groups excluding carboxylic acids is 1. The van der Waals surface area contributed by atoms with Crippen LogP contribution in [0.25, 0.3) is 0 Å². The molecule has 0 saturated carbocycles. The highest BCUT2D eigenvalue weighted by Crippen LogP contribution is 2.22. The predicted octanol–water partition coefficient (Wildman–Crippen LogP) is -0.356. The van der Waals surface area contributed by atoms with Gasteiger partial charge in [0.2, 0.25) is 5.91 Å². The summed E-state index contributed by atoms with van der Waals surface area (Å²) < 4.78 is 5.31. The Hall–Kier alpha value is -0.610. The lowest BCUT2D eigenvalue weighted by molar-refractivity contribution is -0.127. The van der Waals surface area contributed by atoms with Crippen molar-refractivity contribution in [3.8, 4) is 0 Å². The smallest absolute Gasteiger partial charge is 0.236 e. The van der Waals surface area contributed by atoms with Gasteiger partial charge in [-0.1, -0.05) is 0 Å². The monoisotopic (exact) mass is 184 g/mol. The van der Waals surface area contributed by atoms with Gasteiger partial charge < -0.3 is 10.1 Å². The van der Waals surface area contributed by atoms with E-state index >= 15 is 0 Å². The van der Waals surface area contributed by atoms with Gasteiger partial charge in [0.25, 0.3) is 0 Å². The average Bonchev–Trinajstić information content (AvgIpc) is 2.14. The summed E-state index contributed by atoms with van der Waals surface area (Å²) in [6.07, 6.45) is 2.00. The first-order valence-electron chi connectivity index (χ1n) is 4.85. The molecule has 0 aromatic carbocycles. The van der Waals surface area contributed by atoms with Crippen LogP contribution in [0.1, 0.15) is 19.8 Å². The molecule has 0 radical (unpaired) electrons. The van der Waals surface area contributed by atoms with E-state index in [-0.39, 0.29) is 17.5 Å². The summed E-state index contributed by atoms with van der Waals surface area (Å²) in [4.78, 5) is 11.2. The average molecular weight is 184 g/mol. The molecule has 4 heteroatoms. The summed E-state index contributed by atoms with van der Waals surface area (Å²) in [6, 6.07) is -0.0631. The first kappa shape index (κ1) is 8.97. The number of hydrogen-bond donors (Lipinski definition) is 2. The van der Waals surface area contributed by atoms with Gasteiger partial charge in [-0.3, -0.25) is 10.1 Å². The molecule has 74 valence electrons. The van der Waals surface area contributed by atoms with Crippen LogP contribution in [0, 0.1) is 0 Å². The largest absolute Gasteiger partial charge is 0.381 e. The van der Waals surface area contributed by atoms with E-state index in [1.807, 2.05) is 6.92 Å². The Morgan fingerprint density at radius 3 is 2.77 bits per heavy atom. The van der Waals surface area contributed by atoms with Crippen molar-refractivity contribution in [2.45, 2.75) is 31.3 Å². The summed E-state index contributed by atoms with van der Waals surface area (Å²) in [5.41, 5.74) is 0.103. The minimum atomic E-state index is -0.0631. The van der Waals surface area contributed by atoms with Crippen molar-refractivity contribution in [1.29, 1.82) is 0 Å². The maximum Gasteiger partial charge on any atom is 0.236 e. The van der Waals surface area contributed by atoms with E-state index in [4.69, 9.17) is 4.74 Å². The minimum Gasteiger partial charge on any atom is -0.381 e. The van der Waals surface area contributed by atoms with Crippen molar-refractivity contribution in [3.05, 3.63) is 0 Å². The highest BCUT2D eigenvalue weighted by molar-refractivity contribution is 5.82. The predicted molar refractivity (Wildman–Crippen MR) is 48.4 cm³/mol. The van der Waals surface area contributed by atoms with E-state index in [1.54, 1.807) is 0 Å². The molecular formula is C9H16N2O2. The molecule has 2 heterocycles. The Morgan fingerprint density at radius 1 is 1.46 bits per heavy atom. The number of nitrogens with one attached hydrogen (secondary N) is 2. The highest BCUT2D eigenvalue weighted by atomic mass is 16.5. The molecule has 0 aromatic heterocycles. The van der Waals surface area contributed by atoms with Gasteiger partial charge in [-0.25, -0.2) is 0 Å². The summed E-state index contributed by atoms with van der Waals surface area (Å²) in [5, 5.41) is 6.32. The molecule has 1 spiro atoms. The lowest BCUT2D eigenvalue weighted by Crippen LogP contribution is -2.66. The van der Waals surface area contributed by atoms with Crippen molar-refractivity contribution in [2.75, 3.05) is 19.8 Å². The third kappa shape index (κ3) is 1.69. The quantitative estimate of drug-likeness (QED) is 0.540. The summed E-state index contributed by atoms with van der Waals surface area (Å²) in [5.74, 6) is 0.108. The Kier molecular flexibility index (Phi) is 2.26. The van der Waals surface area contributed by atoms with Crippen LogP contribution in [-0.2, 0) is 9.53 Å². The van der Waals surface area contributed by atoms with E-state index in [2.05, 4.69) is 10.6 Å². The second-order valence-electron chi connectivity index (χ2n) is 3.98. The molecule has 1 unspecified atom stereocenters. The van der Waals surface area contributed by atoms with E-state index in [0.717, 1.165) is 32.6 Å². The lowest BCUT2D eigenvalue weighted by Gasteiger charge is -2.43. The molecule has 2 aliphatic rings. The van der Waals surface area contributed by atoms with Crippen LogP contribution in [0.3, 0.4) is 0 Å². The van der Waals surface area contributed by atoms with Crippen LogP contribution >= 0.6 is 0 Å². The SMILES string of the molecule is CC1NC2(CCOCC2)CNC1=O. The molecule has 2 rings (SSSR count). The molecule has 4 nitrogen and oxygen atoms in total. The number of carbonyl (C=O) groups is 1. The van der Waals surface area contributed by atoms with Crippen molar-refractivity contribution < 1.29 is 9.53 Å². The van der Waals surface area contributed by atoms with E-state index in [0.29, 0.717) is 0 Å². The Morgan fingerprint density at radius 2 is 2.15 bits per heavy atom. The zero-order valence-electron chi connectivity index (χ0n) is 7.93. The van der Waals surface area contributed by atoms with Gasteiger partial charge in [0.1, 0.15) is 0 Å². The molecule has 1 amide bonds. The molecule has 2 saturated heterocycles. The number of piperazine rings is 1. The van der Waals surface area contributed by atoms with Crippen LogP contribution in [-0.4, -0.2) is 37.2 Å². The van der Waals surface area contributed by atoms with E-state index in [9.17, 15) is 4.79 Å². The van der Waals surface area contributed by atoms with Crippen LogP contribution in [0.4, 0.5) is 0 Å². The van der Waals surface area contributed by atoms with Crippen molar-refractivity contribution in [3.63, 3.8) is 0 Å². The van der Waals surface area contributed by atoms with Crippen LogP contribution < -0.4 is 10.6 Å². The third-order valence-corrected chi connectivity index (χ3v) is 2.97. The van der Waals surface area contributed by atoms with Crippen molar-refractivity contribution >= 4 is 5.91 Å². The highest BCUT2D eigenvalue weighted by Gasteiger charge is 2.38. The van der Waals surface area contributed by atoms with E-state index in [1.165, 1.54) is 0 Å². The van der Waals surface area contributed by atoms with Gasteiger partial charge >= 0.3 is 0 Å². The fraction of sp³-hybridized carbons (Fsp3) is 0.889. The number of ether oxygens (including phenoxy) is 1. The maximum atomic E-state index is 11.2. The molecule has 2 aliphatic heterocycles. The minimum absolute atomic E-state index is 0.0631. The first-order valence-corrected chi connectivity index (χ1v) is 4.85. The zero-order valence-corrected chi connectivity index (χ0v) is 7.93. The van der Waals surface area contributed by atoms with Gasteiger partial charge in [0, 0.05) is 25.3 Å². The van der Waals surface area contributed by atoms with Crippen molar-refractivity contribution in [1.82, 2.24) is 10.6 Å². The Bertz CT molecular complexity index is 212. The van der Waals surface area contributed by atoms with Crippen molar-refractivity contribution in [2.24, 2.45) is 0 Å². The summed E-state index contributed by atoms with van der Waals surface area (Å²) >= 11 is 0. The van der Waals surface area contributed by atoms with Gasteiger partial charge in [-0.15, -0.1) is 0 Å². The molecule has 0 aliphatic carbocycles. The second kappa shape index (κ2) is 3.27. The summed E-state index contributed by atoms with van der Waals surface area (Å²) in [6.45, 7) is 4.26. The standard InChI is InChI=1S/C9H16N2O2/c1-7-8(12)10-6-9(11-7)2-4-13-5-3-9/h7,11H,2-6H2,1H3,(H,10,12). The van der Waals surface area contributed by atoms with Gasteiger partial charge in [-0.2, -0.15) is 0 Å².